The standard InChI is InChI=1S/C17H17NO4/c1-10-9-18(13-6-4-3-5-11(10)13)15-14(16(19)20-2)12-7-8-21-17(12)22-15/h3-6,9,12,17H,7-8H2,1-2H3. The van der Waals surface area contributed by atoms with Gasteiger partial charge in [0.1, 0.15) is 5.57 Å². The molecule has 2 aromatic rings. The average molecular weight is 299 g/mol. The zero-order chi connectivity index (χ0) is 15.3. The molecule has 0 spiro atoms. The summed E-state index contributed by atoms with van der Waals surface area (Å²) in [5.74, 6) is 0.137. The van der Waals surface area contributed by atoms with Gasteiger partial charge in [-0.1, -0.05) is 18.2 Å². The Bertz CT molecular complexity index is 789. The molecule has 5 heteroatoms. The van der Waals surface area contributed by atoms with Crippen molar-refractivity contribution >= 4 is 22.8 Å². The Hall–Kier alpha value is -2.27. The zero-order valence-electron chi connectivity index (χ0n) is 12.5. The molecule has 1 aromatic carbocycles. The summed E-state index contributed by atoms with van der Waals surface area (Å²) in [6.45, 7) is 2.65. The summed E-state index contributed by atoms with van der Waals surface area (Å²) in [5.41, 5.74) is 2.72. The molecule has 4 rings (SSSR count). The first-order chi connectivity index (χ1) is 10.7. The summed E-state index contributed by atoms with van der Waals surface area (Å²) >= 11 is 0. The first-order valence-electron chi connectivity index (χ1n) is 7.38. The number of hydrogen-bond donors (Lipinski definition) is 0. The van der Waals surface area contributed by atoms with Crippen LogP contribution in [0.3, 0.4) is 0 Å². The van der Waals surface area contributed by atoms with Gasteiger partial charge in [-0.2, -0.15) is 0 Å². The van der Waals surface area contributed by atoms with E-state index in [0.29, 0.717) is 18.1 Å². The number of para-hydroxylation sites is 1. The number of carbonyl (C=O) groups is 1. The first-order valence-corrected chi connectivity index (χ1v) is 7.38. The number of aryl methyl sites for hydroxylation is 1. The van der Waals surface area contributed by atoms with Gasteiger partial charge in [0.2, 0.25) is 12.2 Å². The zero-order valence-corrected chi connectivity index (χ0v) is 12.5. The molecule has 2 aliphatic heterocycles. The van der Waals surface area contributed by atoms with Crippen molar-refractivity contribution in [3.8, 4) is 0 Å². The van der Waals surface area contributed by atoms with Crippen molar-refractivity contribution in [3.05, 3.63) is 41.6 Å². The summed E-state index contributed by atoms with van der Waals surface area (Å²) < 4.78 is 18.4. The van der Waals surface area contributed by atoms with Crippen molar-refractivity contribution in [2.24, 2.45) is 5.92 Å². The molecule has 0 saturated carbocycles. The van der Waals surface area contributed by atoms with Gasteiger partial charge in [0.15, 0.2) is 0 Å². The molecule has 0 bridgehead atoms. The van der Waals surface area contributed by atoms with E-state index in [-0.39, 0.29) is 18.2 Å². The van der Waals surface area contributed by atoms with Gasteiger partial charge in [0.25, 0.3) is 0 Å². The quantitative estimate of drug-likeness (QED) is 0.800. The third-order valence-corrected chi connectivity index (χ3v) is 4.40. The van der Waals surface area contributed by atoms with E-state index in [1.807, 2.05) is 35.9 Å². The van der Waals surface area contributed by atoms with E-state index >= 15 is 0 Å². The Kier molecular flexibility index (Phi) is 2.97. The maximum Gasteiger partial charge on any atom is 0.339 e. The van der Waals surface area contributed by atoms with Crippen molar-refractivity contribution in [2.45, 2.75) is 19.6 Å². The topological polar surface area (TPSA) is 49.7 Å². The molecule has 0 N–H and O–H groups in total. The maximum absolute atomic E-state index is 12.3. The van der Waals surface area contributed by atoms with E-state index < -0.39 is 0 Å². The molecular weight excluding hydrogens is 282 g/mol. The largest absolute Gasteiger partial charge is 0.465 e. The Morgan fingerprint density at radius 1 is 1.36 bits per heavy atom. The molecule has 1 saturated heterocycles. The number of esters is 1. The number of aromatic nitrogens is 1. The van der Waals surface area contributed by atoms with Gasteiger partial charge >= 0.3 is 5.97 Å². The fourth-order valence-electron chi connectivity index (χ4n) is 3.35. The lowest BCUT2D eigenvalue weighted by Crippen LogP contribution is -2.17. The Morgan fingerprint density at radius 2 is 2.18 bits per heavy atom. The minimum Gasteiger partial charge on any atom is -0.465 e. The van der Waals surface area contributed by atoms with E-state index in [1.165, 1.54) is 7.11 Å². The number of hydrogen-bond acceptors (Lipinski definition) is 4. The van der Waals surface area contributed by atoms with Crippen LogP contribution < -0.4 is 0 Å². The van der Waals surface area contributed by atoms with Crippen LogP contribution in [-0.4, -0.2) is 30.5 Å². The third kappa shape index (κ3) is 1.78. The summed E-state index contributed by atoms with van der Waals surface area (Å²) in [6.07, 6.45) is 2.38. The van der Waals surface area contributed by atoms with Gasteiger partial charge in [-0.05, 0) is 25.0 Å². The minimum atomic E-state index is -0.384. The predicted octanol–water partition coefficient (Wildman–Crippen LogP) is 2.68. The van der Waals surface area contributed by atoms with Gasteiger partial charge in [0, 0.05) is 11.6 Å². The number of fused-ring (bicyclic) bond motifs is 2. The number of ether oxygens (including phenoxy) is 3. The van der Waals surface area contributed by atoms with Crippen LogP contribution >= 0.6 is 0 Å². The highest BCUT2D eigenvalue weighted by molar-refractivity contribution is 5.97. The molecule has 1 fully saturated rings. The first kappa shape index (κ1) is 13.4. The molecule has 2 atom stereocenters. The molecule has 0 amide bonds. The van der Waals surface area contributed by atoms with Crippen LogP contribution in [0.5, 0.6) is 0 Å². The summed E-state index contributed by atoms with van der Waals surface area (Å²) in [7, 11) is 1.40. The summed E-state index contributed by atoms with van der Waals surface area (Å²) in [5, 5.41) is 1.14. The number of benzene rings is 1. The fraction of sp³-hybridized carbons (Fsp3) is 0.353. The summed E-state index contributed by atoms with van der Waals surface area (Å²) in [4.78, 5) is 12.3. The molecule has 114 valence electrons. The van der Waals surface area contributed by atoms with E-state index in [1.54, 1.807) is 0 Å². The van der Waals surface area contributed by atoms with Gasteiger partial charge in [0.05, 0.1) is 25.2 Å². The fourth-order valence-corrected chi connectivity index (χ4v) is 3.35. The number of rotatable bonds is 2. The van der Waals surface area contributed by atoms with Gasteiger partial charge < -0.3 is 14.2 Å². The van der Waals surface area contributed by atoms with Gasteiger partial charge in [-0.15, -0.1) is 0 Å². The van der Waals surface area contributed by atoms with Crippen LogP contribution in [0.15, 0.2) is 36.0 Å². The Labute approximate surface area is 128 Å². The predicted molar refractivity (Wildman–Crippen MR) is 80.8 cm³/mol. The van der Waals surface area contributed by atoms with Crippen molar-refractivity contribution in [2.75, 3.05) is 13.7 Å². The van der Waals surface area contributed by atoms with E-state index in [9.17, 15) is 4.79 Å². The monoisotopic (exact) mass is 299 g/mol. The smallest absolute Gasteiger partial charge is 0.339 e. The van der Waals surface area contributed by atoms with Crippen molar-refractivity contribution in [1.82, 2.24) is 4.57 Å². The second-order valence-corrected chi connectivity index (χ2v) is 5.66. The number of nitrogens with zero attached hydrogens (tertiary/aromatic N) is 1. The Balaban J connectivity index is 1.93. The third-order valence-electron chi connectivity index (χ3n) is 4.40. The van der Waals surface area contributed by atoms with Crippen LogP contribution in [0.2, 0.25) is 0 Å². The molecule has 2 unspecified atom stereocenters. The Morgan fingerprint density at radius 3 is 3.00 bits per heavy atom. The highest BCUT2D eigenvalue weighted by atomic mass is 16.7. The lowest BCUT2D eigenvalue weighted by molar-refractivity contribution is -0.136. The highest BCUT2D eigenvalue weighted by Gasteiger charge is 2.45. The molecule has 0 aliphatic carbocycles. The van der Waals surface area contributed by atoms with Crippen molar-refractivity contribution in [1.29, 1.82) is 0 Å². The van der Waals surface area contributed by atoms with E-state index in [0.717, 1.165) is 22.9 Å². The van der Waals surface area contributed by atoms with E-state index in [4.69, 9.17) is 14.2 Å². The van der Waals surface area contributed by atoms with Crippen molar-refractivity contribution in [3.63, 3.8) is 0 Å². The van der Waals surface area contributed by atoms with Crippen LogP contribution in [0.1, 0.15) is 12.0 Å². The number of carbonyl (C=O) groups excluding carboxylic acids is 1. The second kappa shape index (κ2) is 4.88. The van der Waals surface area contributed by atoms with Crippen LogP contribution in [0.4, 0.5) is 0 Å². The van der Waals surface area contributed by atoms with Crippen LogP contribution in [0.25, 0.3) is 16.8 Å². The molecule has 0 radical (unpaired) electrons. The SMILES string of the molecule is COC(=O)C1=C(n2cc(C)c3ccccc32)OC2OCCC12. The molecule has 3 heterocycles. The highest BCUT2D eigenvalue weighted by Crippen LogP contribution is 2.42. The van der Waals surface area contributed by atoms with Crippen molar-refractivity contribution < 1.29 is 19.0 Å². The molecular formula is C17H17NO4. The molecule has 1 aromatic heterocycles. The minimum absolute atomic E-state index is 0.0519. The average Bonchev–Trinajstić information content (AvgIpc) is 3.19. The number of methoxy groups -OCH3 is 1. The lowest BCUT2D eigenvalue weighted by Gasteiger charge is -2.12. The molecule has 22 heavy (non-hydrogen) atoms. The summed E-state index contributed by atoms with van der Waals surface area (Å²) in [6, 6.07) is 8.06. The van der Waals surface area contributed by atoms with Crippen LogP contribution in [-0.2, 0) is 19.0 Å². The maximum atomic E-state index is 12.3. The van der Waals surface area contributed by atoms with E-state index in [2.05, 4.69) is 6.07 Å². The van der Waals surface area contributed by atoms with Crippen LogP contribution in [0, 0.1) is 12.8 Å². The molecule has 5 nitrogen and oxygen atoms in total. The van der Waals surface area contributed by atoms with Gasteiger partial charge in [-0.3, -0.25) is 4.57 Å². The second-order valence-electron chi connectivity index (χ2n) is 5.66. The van der Waals surface area contributed by atoms with Gasteiger partial charge in [-0.25, -0.2) is 4.79 Å². The lowest BCUT2D eigenvalue weighted by atomic mass is 9.99. The normalized spacial score (nSPS) is 23.7. The molecule has 2 aliphatic rings.